The Balaban J connectivity index is 2.19. The van der Waals surface area contributed by atoms with Crippen molar-refractivity contribution in [1.82, 2.24) is 5.32 Å². The zero-order valence-electron chi connectivity index (χ0n) is 11.8. The van der Waals surface area contributed by atoms with E-state index in [0.29, 0.717) is 5.56 Å². The number of ether oxygens (including phenoxy) is 1. The van der Waals surface area contributed by atoms with Gasteiger partial charge in [-0.25, -0.2) is 9.18 Å². The third-order valence-electron chi connectivity index (χ3n) is 3.04. The number of hydrogen-bond donors (Lipinski definition) is 2. The van der Waals surface area contributed by atoms with Crippen molar-refractivity contribution >= 4 is 11.9 Å². The average Bonchev–Trinajstić information content (AvgIpc) is 2.51. The molecule has 2 rings (SSSR count). The molecular weight excluding hydrogens is 289 g/mol. The lowest BCUT2D eigenvalue weighted by atomic mass is 10.1. The topological polar surface area (TPSA) is 75.6 Å². The van der Waals surface area contributed by atoms with Crippen LogP contribution in [0.5, 0.6) is 5.75 Å². The van der Waals surface area contributed by atoms with Gasteiger partial charge in [0.1, 0.15) is 17.1 Å². The molecule has 0 aliphatic carbocycles. The second-order valence-corrected chi connectivity index (χ2v) is 4.50. The van der Waals surface area contributed by atoms with Crippen molar-refractivity contribution < 1.29 is 23.8 Å². The van der Waals surface area contributed by atoms with Crippen LogP contribution in [-0.2, 0) is 6.54 Å². The van der Waals surface area contributed by atoms with E-state index in [-0.39, 0.29) is 23.4 Å². The summed E-state index contributed by atoms with van der Waals surface area (Å²) in [5.74, 6) is -2.08. The van der Waals surface area contributed by atoms with Gasteiger partial charge >= 0.3 is 5.97 Å². The van der Waals surface area contributed by atoms with E-state index in [0.717, 1.165) is 0 Å². The summed E-state index contributed by atoms with van der Waals surface area (Å²) in [4.78, 5) is 23.3. The zero-order chi connectivity index (χ0) is 16.1. The number of halogens is 1. The van der Waals surface area contributed by atoms with E-state index in [1.165, 1.54) is 37.4 Å². The SMILES string of the molecule is COc1c(C(=O)O)cccc1C(=O)NCc1cccc(F)c1. The van der Waals surface area contributed by atoms with Gasteiger partial charge in [0.05, 0.1) is 12.7 Å². The minimum absolute atomic E-state index is 0.00765. The van der Waals surface area contributed by atoms with Crippen LogP contribution in [-0.4, -0.2) is 24.1 Å². The lowest BCUT2D eigenvalue weighted by molar-refractivity contribution is 0.0693. The zero-order valence-corrected chi connectivity index (χ0v) is 11.8. The lowest BCUT2D eigenvalue weighted by Gasteiger charge is -2.11. The van der Waals surface area contributed by atoms with Crippen LogP contribution in [0.25, 0.3) is 0 Å². The molecule has 22 heavy (non-hydrogen) atoms. The number of hydrogen-bond acceptors (Lipinski definition) is 3. The maximum Gasteiger partial charge on any atom is 0.339 e. The highest BCUT2D eigenvalue weighted by Crippen LogP contribution is 2.23. The standard InChI is InChI=1S/C16H14FNO4/c1-22-14-12(6-3-7-13(14)16(20)21)15(19)18-9-10-4-2-5-11(17)8-10/h2-8H,9H2,1H3,(H,18,19)(H,20,21). The van der Waals surface area contributed by atoms with Crippen LogP contribution in [0.3, 0.4) is 0 Å². The first kappa shape index (κ1) is 15.5. The van der Waals surface area contributed by atoms with E-state index < -0.39 is 17.7 Å². The number of benzene rings is 2. The third kappa shape index (κ3) is 3.41. The molecule has 0 aromatic heterocycles. The molecule has 114 valence electrons. The van der Waals surface area contributed by atoms with Crippen molar-refractivity contribution in [1.29, 1.82) is 0 Å². The molecule has 5 nitrogen and oxygen atoms in total. The highest BCUT2D eigenvalue weighted by molar-refractivity contribution is 6.01. The number of carboxylic acids is 1. The van der Waals surface area contributed by atoms with E-state index >= 15 is 0 Å². The summed E-state index contributed by atoms with van der Waals surface area (Å²) in [7, 11) is 1.30. The van der Waals surface area contributed by atoms with Crippen molar-refractivity contribution in [2.75, 3.05) is 7.11 Å². The molecule has 0 saturated heterocycles. The molecule has 0 saturated carbocycles. The van der Waals surface area contributed by atoms with E-state index in [4.69, 9.17) is 9.84 Å². The molecule has 0 fully saturated rings. The smallest absolute Gasteiger partial charge is 0.339 e. The van der Waals surface area contributed by atoms with Gasteiger partial charge in [-0.15, -0.1) is 0 Å². The maximum atomic E-state index is 13.1. The predicted molar refractivity (Wildman–Crippen MR) is 77.5 cm³/mol. The molecule has 0 aliphatic rings. The van der Waals surface area contributed by atoms with E-state index in [1.54, 1.807) is 12.1 Å². The third-order valence-corrected chi connectivity index (χ3v) is 3.04. The number of amides is 1. The Morgan fingerprint density at radius 1 is 1.18 bits per heavy atom. The summed E-state index contributed by atoms with van der Waals surface area (Å²) in [5, 5.41) is 11.7. The van der Waals surface area contributed by atoms with Crippen LogP contribution >= 0.6 is 0 Å². The van der Waals surface area contributed by atoms with Gasteiger partial charge in [0.25, 0.3) is 5.91 Å². The Morgan fingerprint density at radius 3 is 2.50 bits per heavy atom. The van der Waals surface area contributed by atoms with Crippen molar-refractivity contribution in [2.45, 2.75) is 6.54 Å². The normalized spacial score (nSPS) is 10.1. The van der Waals surface area contributed by atoms with Gasteiger partial charge in [-0.1, -0.05) is 18.2 Å². The quantitative estimate of drug-likeness (QED) is 0.889. The summed E-state index contributed by atoms with van der Waals surface area (Å²) in [6.07, 6.45) is 0. The fraction of sp³-hybridized carbons (Fsp3) is 0.125. The molecule has 6 heteroatoms. The highest BCUT2D eigenvalue weighted by Gasteiger charge is 2.19. The minimum Gasteiger partial charge on any atom is -0.495 e. The van der Waals surface area contributed by atoms with Crippen LogP contribution < -0.4 is 10.1 Å². The summed E-state index contributed by atoms with van der Waals surface area (Å²) in [5.41, 5.74) is 0.612. The van der Waals surface area contributed by atoms with Crippen LogP contribution in [0, 0.1) is 5.82 Å². The van der Waals surface area contributed by atoms with E-state index in [9.17, 15) is 14.0 Å². The molecule has 0 atom stereocenters. The van der Waals surface area contributed by atoms with Crippen LogP contribution in [0.1, 0.15) is 26.3 Å². The predicted octanol–water partition coefficient (Wildman–Crippen LogP) is 2.46. The van der Waals surface area contributed by atoms with Crippen molar-refractivity contribution in [3.8, 4) is 5.75 Å². The molecule has 0 spiro atoms. The van der Waals surface area contributed by atoms with Gasteiger partial charge in [-0.05, 0) is 29.8 Å². The molecule has 0 bridgehead atoms. The second-order valence-electron chi connectivity index (χ2n) is 4.50. The second kappa shape index (κ2) is 6.71. The fourth-order valence-electron chi connectivity index (χ4n) is 2.03. The number of aromatic carboxylic acids is 1. The molecule has 2 aromatic rings. The van der Waals surface area contributed by atoms with Gasteiger partial charge in [-0.2, -0.15) is 0 Å². The minimum atomic E-state index is -1.18. The monoisotopic (exact) mass is 303 g/mol. The largest absolute Gasteiger partial charge is 0.495 e. The lowest BCUT2D eigenvalue weighted by Crippen LogP contribution is -2.24. The molecule has 0 aliphatic heterocycles. The molecule has 1 amide bonds. The Bertz CT molecular complexity index is 715. The Labute approximate surface area is 126 Å². The number of para-hydroxylation sites is 1. The molecule has 0 heterocycles. The highest BCUT2D eigenvalue weighted by atomic mass is 19.1. The summed E-state index contributed by atoms with van der Waals surface area (Å²) < 4.78 is 18.1. The van der Waals surface area contributed by atoms with Crippen molar-refractivity contribution in [3.63, 3.8) is 0 Å². The van der Waals surface area contributed by atoms with Gasteiger partial charge in [-0.3, -0.25) is 4.79 Å². The van der Waals surface area contributed by atoms with Gasteiger partial charge in [0.15, 0.2) is 0 Å². The molecule has 0 radical (unpaired) electrons. The number of carboxylic acid groups (broad SMARTS) is 1. The first-order valence-electron chi connectivity index (χ1n) is 6.46. The van der Waals surface area contributed by atoms with Gasteiger partial charge < -0.3 is 15.2 Å². The summed E-state index contributed by atoms with van der Waals surface area (Å²) in [6.45, 7) is 0.122. The van der Waals surface area contributed by atoms with Crippen LogP contribution in [0.15, 0.2) is 42.5 Å². The number of methoxy groups -OCH3 is 1. The summed E-state index contributed by atoms with van der Waals surface area (Å²) in [6, 6.07) is 10.1. The van der Waals surface area contributed by atoms with E-state index in [2.05, 4.69) is 5.32 Å². The first-order valence-corrected chi connectivity index (χ1v) is 6.46. The van der Waals surface area contributed by atoms with Crippen molar-refractivity contribution in [3.05, 3.63) is 65.0 Å². The maximum absolute atomic E-state index is 13.1. The molecule has 2 aromatic carbocycles. The van der Waals surface area contributed by atoms with Crippen LogP contribution in [0.4, 0.5) is 4.39 Å². The summed E-state index contributed by atoms with van der Waals surface area (Å²) >= 11 is 0. The Hall–Kier alpha value is -2.89. The van der Waals surface area contributed by atoms with Gasteiger partial charge in [0.2, 0.25) is 0 Å². The molecular formula is C16H14FNO4. The molecule has 2 N–H and O–H groups in total. The average molecular weight is 303 g/mol. The number of nitrogens with one attached hydrogen (secondary N) is 1. The van der Waals surface area contributed by atoms with Crippen LogP contribution in [0.2, 0.25) is 0 Å². The number of rotatable bonds is 5. The number of carbonyl (C=O) groups excluding carboxylic acids is 1. The van der Waals surface area contributed by atoms with Crippen molar-refractivity contribution in [2.24, 2.45) is 0 Å². The van der Waals surface area contributed by atoms with E-state index in [1.807, 2.05) is 0 Å². The first-order chi connectivity index (χ1) is 10.5. The Kier molecular flexibility index (Phi) is 4.73. The number of carbonyl (C=O) groups is 2. The fourth-order valence-corrected chi connectivity index (χ4v) is 2.03. The van der Waals surface area contributed by atoms with Gasteiger partial charge in [0, 0.05) is 6.54 Å². The molecule has 0 unspecified atom stereocenters. The Morgan fingerprint density at radius 2 is 1.86 bits per heavy atom.